The highest BCUT2D eigenvalue weighted by molar-refractivity contribution is 5.64. The Morgan fingerprint density at radius 2 is 2.00 bits per heavy atom. The predicted octanol–water partition coefficient (Wildman–Crippen LogP) is 0.942. The van der Waals surface area contributed by atoms with Gasteiger partial charge in [0.2, 0.25) is 0 Å². The predicted molar refractivity (Wildman–Crippen MR) is 43.5 cm³/mol. The molecule has 0 aliphatic rings. The van der Waals surface area contributed by atoms with Crippen LogP contribution in [0.15, 0.2) is 0 Å². The van der Waals surface area contributed by atoms with Gasteiger partial charge >= 0.3 is 6.09 Å². The minimum absolute atomic E-state index is 0.0949. The van der Waals surface area contributed by atoms with Gasteiger partial charge in [-0.1, -0.05) is 13.8 Å². The number of nitrogens with one attached hydrogen (secondary N) is 1. The van der Waals surface area contributed by atoms with E-state index >= 15 is 0 Å². The number of carbonyl (C=O) groups is 1. The van der Waals surface area contributed by atoms with Gasteiger partial charge in [-0.15, -0.1) is 0 Å². The molecule has 0 aromatic heterocycles. The maximum Gasteiger partial charge on any atom is 0.405 e. The van der Waals surface area contributed by atoms with E-state index in [0.717, 1.165) is 13.1 Å². The Kier molecular flexibility index (Phi) is 4.61. The molecule has 0 heterocycles. The van der Waals surface area contributed by atoms with Crippen molar-refractivity contribution in [3.63, 3.8) is 0 Å². The standard InChI is InChI=1S/C7H16N2O2/c1-4-9(5-2)6(3)8-7(10)11/h6,8H,4-5H2,1-3H3,(H,10,11). The van der Waals surface area contributed by atoms with E-state index in [1.807, 2.05) is 25.7 Å². The molecule has 66 valence electrons. The van der Waals surface area contributed by atoms with E-state index in [9.17, 15) is 4.79 Å². The van der Waals surface area contributed by atoms with E-state index in [1.165, 1.54) is 0 Å². The average Bonchev–Trinajstić information content (AvgIpc) is 1.88. The Labute approximate surface area is 67.2 Å². The second kappa shape index (κ2) is 4.96. The Bertz CT molecular complexity index is 124. The van der Waals surface area contributed by atoms with Gasteiger partial charge in [0.1, 0.15) is 0 Å². The van der Waals surface area contributed by atoms with Crippen molar-refractivity contribution in [1.29, 1.82) is 0 Å². The molecule has 1 unspecified atom stereocenters. The lowest BCUT2D eigenvalue weighted by Gasteiger charge is -2.25. The van der Waals surface area contributed by atoms with Gasteiger partial charge < -0.3 is 10.4 Å². The van der Waals surface area contributed by atoms with Crippen LogP contribution in [0.25, 0.3) is 0 Å². The van der Waals surface area contributed by atoms with Crippen molar-refractivity contribution in [2.45, 2.75) is 26.9 Å². The zero-order valence-electron chi connectivity index (χ0n) is 7.29. The smallest absolute Gasteiger partial charge is 0.405 e. The van der Waals surface area contributed by atoms with Gasteiger partial charge in [-0.3, -0.25) is 4.90 Å². The normalized spacial score (nSPS) is 13.1. The molecule has 0 aromatic rings. The summed E-state index contributed by atoms with van der Waals surface area (Å²) < 4.78 is 0. The van der Waals surface area contributed by atoms with E-state index in [0.29, 0.717) is 0 Å². The summed E-state index contributed by atoms with van der Waals surface area (Å²) in [5.41, 5.74) is 0. The molecule has 4 heteroatoms. The summed E-state index contributed by atoms with van der Waals surface area (Å²) in [7, 11) is 0. The summed E-state index contributed by atoms with van der Waals surface area (Å²) in [4.78, 5) is 12.2. The minimum Gasteiger partial charge on any atom is -0.465 e. The molecular weight excluding hydrogens is 144 g/mol. The van der Waals surface area contributed by atoms with E-state index in [2.05, 4.69) is 5.32 Å². The van der Waals surface area contributed by atoms with Crippen LogP contribution in [0.1, 0.15) is 20.8 Å². The molecule has 0 spiro atoms. The zero-order chi connectivity index (χ0) is 8.85. The first-order valence-corrected chi connectivity index (χ1v) is 3.85. The lowest BCUT2D eigenvalue weighted by molar-refractivity contribution is 0.157. The molecule has 11 heavy (non-hydrogen) atoms. The SMILES string of the molecule is CCN(CC)C(C)NC(=O)O. The Morgan fingerprint density at radius 1 is 1.55 bits per heavy atom. The van der Waals surface area contributed by atoms with Crippen LogP contribution in [-0.2, 0) is 0 Å². The van der Waals surface area contributed by atoms with Crippen LogP contribution < -0.4 is 5.32 Å². The maximum atomic E-state index is 10.2. The van der Waals surface area contributed by atoms with E-state index in [4.69, 9.17) is 5.11 Å². The van der Waals surface area contributed by atoms with Gasteiger partial charge in [0.05, 0.1) is 6.17 Å². The molecule has 1 amide bonds. The fourth-order valence-corrected chi connectivity index (χ4v) is 1.04. The van der Waals surface area contributed by atoms with Gasteiger partial charge in [0, 0.05) is 0 Å². The first-order valence-electron chi connectivity index (χ1n) is 3.85. The van der Waals surface area contributed by atoms with Gasteiger partial charge in [-0.2, -0.15) is 0 Å². The summed E-state index contributed by atoms with van der Waals surface area (Å²) in [6, 6.07) is 0. The largest absolute Gasteiger partial charge is 0.465 e. The average molecular weight is 160 g/mol. The molecule has 4 nitrogen and oxygen atoms in total. The Hall–Kier alpha value is -0.770. The van der Waals surface area contributed by atoms with Crippen molar-refractivity contribution in [1.82, 2.24) is 10.2 Å². The van der Waals surface area contributed by atoms with Crippen LogP contribution in [0.5, 0.6) is 0 Å². The number of nitrogens with zero attached hydrogens (tertiary/aromatic N) is 1. The van der Waals surface area contributed by atoms with Crippen molar-refractivity contribution in [2.24, 2.45) is 0 Å². The number of hydrogen-bond donors (Lipinski definition) is 2. The molecule has 0 aromatic carbocycles. The summed E-state index contributed by atoms with van der Waals surface area (Å²) in [5.74, 6) is 0. The molecule has 0 radical (unpaired) electrons. The second-order valence-electron chi connectivity index (χ2n) is 2.35. The molecule has 0 rings (SSSR count). The van der Waals surface area contributed by atoms with Crippen molar-refractivity contribution in [2.75, 3.05) is 13.1 Å². The van der Waals surface area contributed by atoms with Crippen LogP contribution in [0.4, 0.5) is 4.79 Å². The lowest BCUT2D eigenvalue weighted by atomic mass is 10.4. The summed E-state index contributed by atoms with van der Waals surface area (Å²) in [6.07, 6.45) is -1.06. The summed E-state index contributed by atoms with van der Waals surface area (Å²) in [6.45, 7) is 7.56. The van der Waals surface area contributed by atoms with Crippen molar-refractivity contribution < 1.29 is 9.90 Å². The van der Waals surface area contributed by atoms with Crippen molar-refractivity contribution >= 4 is 6.09 Å². The Balaban J connectivity index is 3.78. The number of hydrogen-bond acceptors (Lipinski definition) is 2. The number of rotatable bonds is 4. The van der Waals surface area contributed by atoms with Crippen molar-refractivity contribution in [3.8, 4) is 0 Å². The first-order chi connectivity index (χ1) is 5.11. The molecule has 1 atom stereocenters. The van der Waals surface area contributed by atoms with Gasteiger partial charge in [0.15, 0.2) is 0 Å². The van der Waals surface area contributed by atoms with Crippen molar-refractivity contribution in [3.05, 3.63) is 0 Å². The number of carboxylic acid groups (broad SMARTS) is 1. The zero-order valence-corrected chi connectivity index (χ0v) is 7.29. The van der Waals surface area contributed by atoms with Gasteiger partial charge in [0.25, 0.3) is 0 Å². The highest BCUT2D eigenvalue weighted by Gasteiger charge is 2.10. The molecule has 0 aliphatic carbocycles. The first kappa shape index (κ1) is 10.2. The second-order valence-corrected chi connectivity index (χ2v) is 2.35. The third-order valence-corrected chi connectivity index (χ3v) is 1.69. The molecule has 2 N–H and O–H groups in total. The highest BCUT2D eigenvalue weighted by Crippen LogP contribution is 1.93. The van der Waals surface area contributed by atoms with Crippen LogP contribution >= 0.6 is 0 Å². The van der Waals surface area contributed by atoms with Gasteiger partial charge in [-0.05, 0) is 20.0 Å². The van der Waals surface area contributed by atoms with E-state index < -0.39 is 6.09 Å². The molecule has 0 aliphatic heterocycles. The molecule has 0 saturated heterocycles. The third-order valence-electron chi connectivity index (χ3n) is 1.69. The summed E-state index contributed by atoms with van der Waals surface area (Å²) >= 11 is 0. The van der Waals surface area contributed by atoms with Crippen LogP contribution in [0.2, 0.25) is 0 Å². The molecule has 0 fully saturated rings. The van der Waals surface area contributed by atoms with E-state index in [1.54, 1.807) is 0 Å². The fraction of sp³-hybridized carbons (Fsp3) is 0.857. The number of amides is 1. The fourth-order valence-electron chi connectivity index (χ4n) is 1.04. The quantitative estimate of drug-likeness (QED) is 0.602. The molecule has 0 bridgehead atoms. The Morgan fingerprint density at radius 3 is 2.27 bits per heavy atom. The van der Waals surface area contributed by atoms with Crippen LogP contribution in [0.3, 0.4) is 0 Å². The minimum atomic E-state index is -0.968. The topological polar surface area (TPSA) is 52.6 Å². The maximum absolute atomic E-state index is 10.2. The lowest BCUT2D eigenvalue weighted by Crippen LogP contribution is -2.45. The van der Waals surface area contributed by atoms with Gasteiger partial charge in [-0.25, -0.2) is 4.79 Å². The van der Waals surface area contributed by atoms with Crippen LogP contribution in [0, 0.1) is 0 Å². The monoisotopic (exact) mass is 160 g/mol. The van der Waals surface area contributed by atoms with E-state index in [-0.39, 0.29) is 6.17 Å². The molecule has 0 saturated carbocycles. The van der Waals surface area contributed by atoms with Crippen LogP contribution in [-0.4, -0.2) is 35.4 Å². The third kappa shape index (κ3) is 3.83. The summed E-state index contributed by atoms with van der Waals surface area (Å²) in [5, 5.41) is 10.8. The molecular formula is C7H16N2O2. The highest BCUT2D eigenvalue weighted by atomic mass is 16.4.